The van der Waals surface area contributed by atoms with Crippen LogP contribution in [0.4, 0.5) is 4.39 Å². The molecule has 2 aromatic heterocycles. The predicted molar refractivity (Wildman–Crippen MR) is 108 cm³/mol. The molecule has 0 aliphatic heterocycles. The molecular formula is C21H17FN4OS. The lowest BCUT2D eigenvalue weighted by Crippen LogP contribution is -1.85. The molecule has 0 amide bonds. The van der Waals surface area contributed by atoms with Gasteiger partial charge in [-0.25, -0.2) is 14.4 Å². The summed E-state index contributed by atoms with van der Waals surface area (Å²) in [5, 5.41) is 7.72. The highest BCUT2D eigenvalue weighted by Crippen LogP contribution is 2.26. The first-order valence-corrected chi connectivity index (χ1v) is 9.66. The maximum atomic E-state index is 12.9. The Labute approximate surface area is 165 Å². The average molecular weight is 392 g/mol. The van der Waals surface area contributed by atoms with Crippen molar-refractivity contribution in [1.82, 2.24) is 20.2 Å². The van der Waals surface area contributed by atoms with E-state index in [4.69, 9.17) is 4.42 Å². The fourth-order valence-corrected chi connectivity index (χ4v) is 3.35. The van der Waals surface area contributed by atoms with Crippen molar-refractivity contribution in [3.63, 3.8) is 0 Å². The van der Waals surface area contributed by atoms with Crippen LogP contribution in [0, 0.1) is 12.7 Å². The largest absolute Gasteiger partial charge is 0.441 e. The van der Waals surface area contributed by atoms with E-state index in [9.17, 15) is 4.39 Å². The Morgan fingerprint density at radius 3 is 2.61 bits per heavy atom. The van der Waals surface area contributed by atoms with Gasteiger partial charge in [0.1, 0.15) is 17.4 Å². The molecule has 0 spiro atoms. The number of halogens is 1. The molecule has 7 heteroatoms. The summed E-state index contributed by atoms with van der Waals surface area (Å²) in [6, 6.07) is 16.1. The average Bonchev–Trinajstić information content (AvgIpc) is 3.33. The SMILES string of the molecule is Cc1oc(-c2ccccc2)nc1CSc1n[nH]c(/C=C/c2ccc(F)cc2)n1. The van der Waals surface area contributed by atoms with Gasteiger partial charge >= 0.3 is 0 Å². The molecule has 4 rings (SSSR count). The minimum Gasteiger partial charge on any atom is -0.441 e. The predicted octanol–water partition coefficient (Wildman–Crippen LogP) is 5.37. The molecule has 4 aromatic rings. The fraction of sp³-hybridized carbons (Fsp3) is 0.0952. The Morgan fingerprint density at radius 2 is 1.82 bits per heavy atom. The monoisotopic (exact) mass is 392 g/mol. The first kappa shape index (κ1) is 18.2. The maximum absolute atomic E-state index is 12.9. The number of thioether (sulfide) groups is 1. The van der Waals surface area contributed by atoms with E-state index >= 15 is 0 Å². The number of aryl methyl sites for hydroxylation is 1. The van der Waals surface area contributed by atoms with Crippen LogP contribution in [0.2, 0.25) is 0 Å². The minimum absolute atomic E-state index is 0.255. The van der Waals surface area contributed by atoms with E-state index in [1.165, 1.54) is 23.9 Å². The van der Waals surface area contributed by atoms with Crippen LogP contribution < -0.4 is 0 Å². The molecule has 0 atom stereocenters. The van der Waals surface area contributed by atoms with Gasteiger partial charge in [-0.1, -0.05) is 48.2 Å². The second kappa shape index (κ2) is 8.22. The van der Waals surface area contributed by atoms with Crippen molar-refractivity contribution in [2.45, 2.75) is 17.8 Å². The van der Waals surface area contributed by atoms with Crippen LogP contribution in [-0.2, 0) is 5.75 Å². The lowest BCUT2D eigenvalue weighted by Gasteiger charge is -1.93. The molecule has 140 valence electrons. The Balaban J connectivity index is 1.40. The standard InChI is InChI=1S/C21H17FN4OS/c1-14-18(23-20(27-14)16-5-3-2-4-6-16)13-28-21-24-19(25-26-21)12-9-15-7-10-17(22)11-8-15/h2-12H,13H2,1H3,(H,24,25,26)/b12-9+. The second-order valence-corrected chi connectivity index (χ2v) is 7.01. The normalized spacial score (nSPS) is 11.4. The number of aromatic amines is 1. The first-order valence-electron chi connectivity index (χ1n) is 8.68. The molecule has 28 heavy (non-hydrogen) atoms. The summed E-state index contributed by atoms with van der Waals surface area (Å²) in [6.07, 6.45) is 3.65. The number of nitrogens with zero attached hydrogens (tertiary/aromatic N) is 3. The number of H-pyrrole nitrogens is 1. The van der Waals surface area contributed by atoms with Gasteiger partial charge in [0.15, 0.2) is 0 Å². The molecule has 0 saturated heterocycles. The van der Waals surface area contributed by atoms with Crippen molar-refractivity contribution < 1.29 is 8.81 Å². The number of hydrogen-bond donors (Lipinski definition) is 1. The van der Waals surface area contributed by atoms with Crippen molar-refractivity contribution in [1.29, 1.82) is 0 Å². The van der Waals surface area contributed by atoms with Gasteiger partial charge in [0.05, 0.1) is 5.69 Å². The molecular weight excluding hydrogens is 375 g/mol. The quantitative estimate of drug-likeness (QED) is 0.447. The highest BCUT2D eigenvalue weighted by atomic mass is 32.2. The Bertz CT molecular complexity index is 1090. The highest BCUT2D eigenvalue weighted by Gasteiger charge is 2.12. The molecule has 5 nitrogen and oxygen atoms in total. The summed E-state index contributed by atoms with van der Waals surface area (Å²) < 4.78 is 18.7. The van der Waals surface area contributed by atoms with Crippen molar-refractivity contribution in [2.24, 2.45) is 0 Å². The summed E-state index contributed by atoms with van der Waals surface area (Å²) in [5.41, 5.74) is 2.71. The number of hydrogen-bond acceptors (Lipinski definition) is 5. The zero-order valence-electron chi connectivity index (χ0n) is 15.1. The van der Waals surface area contributed by atoms with E-state index in [-0.39, 0.29) is 5.82 Å². The summed E-state index contributed by atoms with van der Waals surface area (Å²) in [4.78, 5) is 9.02. The van der Waals surface area contributed by atoms with Crippen LogP contribution in [0.1, 0.15) is 22.8 Å². The minimum atomic E-state index is -0.255. The Morgan fingerprint density at radius 1 is 1.04 bits per heavy atom. The van der Waals surface area contributed by atoms with Gasteiger partial charge in [0.2, 0.25) is 11.0 Å². The maximum Gasteiger partial charge on any atom is 0.226 e. The molecule has 0 bridgehead atoms. The zero-order chi connectivity index (χ0) is 19.3. The Hall–Kier alpha value is -3.19. The van der Waals surface area contributed by atoms with Gasteiger partial charge in [-0.05, 0) is 42.8 Å². The zero-order valence-corrected chi connectivity index (χ0v) is 15.9. The van der Waals surface area contributed by atoms with Crippen LogP contribution in [0.3, 0.4) is 0 Å². The molecule has 0 saturated carbocycles. The third-order valence-electron chi connectivity index (χ3n) is 4.04. The lowest BCUT2D eigenvalue weighted by atomic mass is 10.2. The molecule has 0 radical (unpaired) electrons. The number of rotatable bonds is 6. The molecule has 0 aliphatic carbocycles. The van der Waals surface area contributed by atoms with E-state index in [0.29, 0.717) is 22.6 Å². The summed E-state index contributed by atoms with van der Waals surface area (Å²) in [5.74, 6) is 2.40. The van der Waals surface area contributed by atoms with Gasteiger partial charge in [-0.15, -0.1) is 5.10 Å². The summed E-state index contributed by atoms with van der Waals surface area (Å²) in [6.45, 7) is 1.91. The number of oxazole rings is 1. The third-order valence-corrected chi connectivity index (χ3v) is 4.90. The number of aromatic nitrogens is 4. The summed E-state index contributed by atoms with van der Waals surface area (Å²) in [7, 11) is 0. The van der Waals surface area contributed by atoms with Crippen molar-refractivity contribution >= 4 is 23.9 Å². The Kier molecular flexibility index (Phi) is 5.34. The van der Waals surface area contributed by atoms with Gasteiger partial charge < -0.3 is 4.42 Å². The topological polar surface area (TPSA) is 67.6 Å². The van der Waals surface area contributed by atoms with Gasteiger partial charge in [-0.3, -0.25) is 5.10 Å². The number of nitrogens with one attached hydrogen (secondary N) is 1. The van der Waals surface area contributed by atoms with Gasteiger partial charge in [0, 0.05) is 11.3 Å². The molecule has 0 fully saturated rings. The van der Waals surface area contributed by atoms with Crippen molar-refractivity contribution in [3.8, 4) is 11.5 Å². The van der Waals surface area contributed by atoms with Crippen LogP contribution in [0.25, 0.3) is 23.6 Å². The van der Waals surface area contributed by atoms with E-state index < -0.39 is 0 Å². The molecule has 0 aliphatic rings. The van der Waals surface area contributed by atoms with E-state index in [1.807, 2.05) is 43.3 Å². The number of benzene rings is 2. The van der Waals surface area contributed by atoms with Crippen LogP contribution in [0.15, 0.2) is 64.2 Å². The fourth-order valence-electron chi connectivity index (χ4n) is 2.55. The molecule has 2 aromatic carbocycles. The van der Waals surface area contributed by atoms with E-state index in [2.05, 4.69) is 20.2 Å². The first-order chi connectivity index (χ1) is 13.7. The molecule has 1 N–H and O–H groups in total. The van der Waals surface area contributed by atoms with Gasteiger partial charge in [-0.2, -0.15) is 0 Å². The lowest BCUT2D eigenvalue weighted by molar-refractivity contribution is 0.540. The van der Waals surface area contributed by atoms with Gasteiger partial charge in [0.25, 0.3) is 0 Å². The second-order valence-electron chi connectivity index (χ2n) is 6.06. The smallest absolute Gasteiger partial charge is 0.226 e. The van der Waals surface area contributed by atoms with Crippen molar-refractivity contribution in [3.05, 3.63) is 83.3 Å². The third kappa shape index (κ3) is 4.37. The van der Waals surface area contributed by atoms with Crippen LogP contribution in [-0.4, -0.2) is 20.2 Å². The van der Waals surface area contributed by atoms with Crippen LogP contribution >= 0.6 is 11.8 Å². The molecule has 2 heterocycles. The molecule has 0 unspecified atom stereocenters. The highest BCUT2D eigenvalue weighted by molar-refractivity contribution is 7.98. The van der Waals surface area contributed by atoms with Crippen LogP contribution in [0.5, 0.6) is 0 Å². The summed E-state index contributed by atoms with van der Waals surface area (Å²) >= 11 is 1.48. The van der Waals surface area contributed by atoms with E-state index in [0.717, 1.165) is 22.6 Å². The van der Waals surface area contributed by atoms with E-state index in [1.54, 1.807) is 18.2 Å². The van der Waals surface area contributed by atoms with Crippen molar-refractivity contribution in [2.75, 3.05) is 0 Å².